The predicted molar refractivity (Wildman–Crippen MR) is 119 cm³/mol. The van der Waals surface area contributed by atoms with E-state index in [1.807, 2.05) is 30.3 Å². The van der Waals surface area contributed by atoms with Gasteiger partial charge in [-0.25, -0.2) is 9.78 Å². The maximum absolute atomic E-state index is 12.8. The second-order valence-corrected chi connectivity index (χ2v) is 8.13. The molecule has 1 aliphatic rings. The van der Waals surface area contributed by atoms with E-state index < -0.39 is 11.7 Å². The third-order valence-electron chi connectivity index (χ3n) is 5.31. The quantitative estimate of drug-likeness (QED) is 0.681. The number of urea groups is 1. The Hall–Kier alpha value is -3.01. The number of pyridine rings is 1. The van der Waals surface area contributed by atoms with E-state index in [9.17, 15) is 22.8 Å². The highest BCUT2D eigenvalue weighted by molar-refractivity contribution is 6.33. The van der Waals surface area contributed by atoms with Crippen molar-refractivity contribution in [1.82, 2.24) is 20.1 Å². The van der Waals surface area contributed by atoms with E-state index in [0.717, 1.165) is 17.8 Å². The second-order valence-electron chi connectivity index (χ2n) is 7.72. The Kier molecular flexibility index (Phi) is 8.01. The summed E-state index contributed by atoms with van der Waals surface area (Å²) in [4.78, 5) is 33.5. The van der Waals surface area contributed by atoms with Crippen molar-refractivity contribution in [2.45, 2.75) is 19.1 Å². The van der Waals surface area contributed by atoms with Gasteiger partial charge in [0.1, 0.15) is 5.82 Å². The zero-order chi connectivity index (χ0) is 24.0. The van der Waals surface area contributed by atoms with Crippen LogP contribution in [0.3, 0.4) is 0 Å². The number of aromatic nitrogens is 1. The Labute approximate surface area is 195 Å². The van der Waals surface area contributed by atoms with Crippen LogP contribution in [0.25, 0.3) is 0 Å². The van der Waals surface area contributed by atoms with Gasteiger partial charge >= 0.3 is 12.2 Å². The molecule has 0 aliphatic carbocycles. The summed E-state index contributed by atoms with van der Waals surface area (Å²) in [6.45, 7) is 2.25. The minimum Gasteiger partial charge on any atom is -0.352 e. The SMILES string of the molecule is CN(Cc1ccccc1)C(=O)NCCC(=O)N1CCN(c2ncc(C(F)(F)F)cc2Cl)CC1. The van der Waals surface area contributed by atoms with Gasteiger partial charge in [0, 0.05) is 58.9 Å². The van der Waals surface area contributed by atoms with Crippen molar-refractivity contribution >= 4 is 29.4 Å². The lowest BCUT2D eigenvalue weighted by molar-refractivity contribution is -0.137. The topological polar surface area (TPSA) is 68.8 Å². The number of amides is 3. The van der Waals surface area contributed by atoms with Crippen LogP contribution in [0.1, 0.15) is 17.5 Å². The molecule has 1 fully saturated rings. The average Bonchev–Trinajstić information content (AvgIpc) is 2.79. The van der Waals surface area contributed by atoms with Crippen LogP contribution >= 0.6 is 11.6 Å². The predicted octanol–water partition coefficient (Wildman–Crippen LogP) is 3.63. The van der Waals surface area contributed by atoms with Gasteiger partial charge in [-0.15, -0.1) is 0 Å². The van der Waals surface area contributed by atoms with Gasteiger partial charge in [0.15, 0.2) is 0 Å². The molecular weight excluding hydrogens is 459 g/mol. The summed E-state index contributed by atoms with van der Waals surface area (Å²) in [6, 6.07) is 10.2. The Balaban J connectivity index is 1.42. The van der Waals surface area contributed by atoms with Crippen molar-refractivity contribution in [3.8, 4) is 0 Å². The monoisotopic (exact) mass is 483 g/mol. The van der Waals surface area contributed by atoms with Gasteiger partial charge in [0.05, 0.1) is 10.6 Å². The molecule has 0 saturated carbocycles. The van der Waals surface area contributed by atoms with Crippen LogP contribution in [0.5, 0.6) is 0 Å². The molecule has 11 heteroatoms. The fraction of sp³-hybridized carbons (Fsp3) is 0.409. The van der Waals surface area contributed by atoms with Crippen LogP contribution in [-0.4, -0.2) is 66.5 Å². The first kappa shape index (κ1) is 24.6. The molecule has 178 valence electrons. The lowest BCUT2D eigenvalue weighted by Crippen LogP contribution is -2.49. The second kappa shape index (κ2) is 10.7. The minimum atomic E-state index is -4.51. The van der Waals surface area contributed by atoms with Crippen molar-refractivity contribution in [1.29, 1.82) is 0 Å². The highest BCUT2D eigenvalue weighted by Crippen LogP contribution is 2.33. The first-order chi connectivity index (χ1) is 15.6. The van der Waals surface area contributed by atoms with Gasteiger partial charge in [0.2, 0.25) is 5.91 Å². The molecule has 0 radical (unpaired) electrons. The third kappa shape index (κ3) is 6.74. The van der Waals surface area contributed by atoms with Crippen LogP contribution < -0.4 is 10.2 Å². The highest BCUT2D eigenvalue weighted by Gasteiger charge is 2.32. The summed E-state index contributed by atoms with van der Waals surface area (Å²) in [5.74, 6) is 0.164. The van der Waals surface area contributed by atoms with Gasteiger partial charge in [-0.05, 0) is 11.6 Å². The van der Waals surface area contributed by atoms with Gasteiger partial charge < -0.3 is 20.0 Å². The smallest absolute Gasteiger partial charge is 0.352 e. The van der Waals surface area contributed by atoms with Crippen molar-refractivity contribution in [3.05, 3.63) is 58.7 Å². The van der Waals surface area contributed by atoms with E-state index in [4.69, 9.17) is 11.6 Å². The maximum Gasteiger partial charge on any atom is 0.417 e. The first-order valence-electron chi connectivity index (χ1n) is 10.4. The number of carbonyl (C=O) groups is 2. The molecule has 33 heavy (non-hydrogen) atoms. The lowest BCUT2D eigenvalue weighted by atomic mass is 10.2. The molecule has 3 amide bonds. The van der Waals surface area contributed by atoms with Crippen LogP contribution in [0.15, 0.2) is 42.6 Å². The Bertz CT molecular complexity index is 966. The number of halogens is 4. The standard InChI is InChI=1S/C22H25ClF3N5O2/c1-29(15-16-5-3-2-4-6-16)21(33)27-8-7-19(32)30-9-11-31(12-10-30)20-18(23)13-17(14-28-20)22(24,25)26/h2-6,13-14H,7-12,15H2,1H3,(H,27,33). The summed E-state index contributed by atoms with van der Waals surface area (Å²) in [5.41, 5.74) is 0.105. The van der Waals surface area contributed by atoms with Gasteiger partial charge in [-0.3, -0.25) is 4.79 Å². The molecule has 0 bridgehead atoms. The maximum atomic E-state index is 12.8. The normalized spacial score (nSPS) is 14.2. The lowest BCUT2D eigenvalue weighted by Gasteiger charge is -2.36. The molecule has 1 saturated heterocycles. The van der Waals surface area contributed by atoms with Gasteiger partial charge in [0.25, 0.3) is 0 Å². The third-order valence-corrected chi connectivity index (χ3v) is 5.58. The van der Waals surface area contributed by atoms with Crippen molar-refractivity contribution < 1.29 is 22.8 Å². The Morgan fingerprint density at radius 1 is 1.15 bits per heavy atom. The summed E-state index contributed by atoms with van der Waals surface area (Å²) in [6.07, 6.45) is -3.59. The summed E-state index contributed by atoms with van der Waals surface area (Å²) < 4.78 is 38.4. The summed E-state index contributed by atoms with van der Waals surface area (Å²) in [5, 5.41) is 2.67. The first-order valence-corrected chi connectivity index (χ1v) is 10.8. The van der Waals surface area contributed by atoms with E-state index >= 15 is 0 Å². The number of hydrogen-bond acceptors (Lipinski definition) is 4. The van der Waals surface area contributed by atoms with E-state index in [2.05, 4.69) is 10.3 Å². The van der Waals surface area contributed by atoms with Crippen LogP contribution in [0.2, 0.25) is 5.02 Å². The molecule has 3 rings (SSSR count). The fourth-order valence-corrected chi connectivity index (χ4v) is 3.77. The molecular formula is C22H25ClF3N5O2. The number of benzene rings is 1. The minimum absolute atomic E-state index is 0.0769. The molecule has 1 aromatic heterocycles. The number of nitrogens with one attached hydrogen (secondary N) is 1. The van der Waals surface area contributed by atoms with Gasteiger partial charge in [-0.1, -0.05) is 41.9 Å². The number of hydrogen-bond donors (Lipinski definition) is 1. The number of carbonyl (C=O) groups excluding carboxylic acids is 2. The van der Waals surface area contributed by atoms with E-state index in [1.54, 1.807) is 21.7 Å². The molecule has 7 nitrogen and oxygen atoms in total. The number of nitrogens with zero attached hydrogens (tertiary/aromatic N) is 4. The zero-order valence-electron chi connectivity index (χ0n) is 18.1. The number of rotatable bonds is 6. The van der Waals surface area contributed by atoms with E-state index in [1.165, 1.54) is 0 Å². The van der Waals surface area contributed by atoms with Crippen molar-refractivity contribution in [2.24, 2.45) is 0 Å². The number of anilines is 1. The van der Waals surface area contributed by atoms with E-state index in [0.29, 0.717) is 32.7 Å². The zero-order valence-corrected chi connectivity index (χ0v) is 18.9. The molecule has 2 aromatic rings. The highest BCUT2D eigenvalue weighted by atomic mass is 35.5. The van der Waals surface area contributed by atoms with Crippen LogP contribution in [0.4, 0.5) is 23.8 Å². The van der Waals surface area contributed by atoms with Crippen molar-refractivity contribution in [2.75, 3.05) is 44.7 Å². The molecule has 2 heterocycles. The Morgan fingerprint density at radius 2 is 1.82 bits per heavy atom. The fourth-order valence-electron chi connectivity index (χ4n) is 3.48. The average molecular weight is 484 g/mol. The summed E-state index contributed by atoms with van der Waals surface area (Å²) >= 11 is 6.01. The number of piperazine rings is 1. The molecule has 0 unspecified atom stereocenters. The Morgan fingerprint density at radius 3 is 2.42 bits per heavy atom. The largest absolute Gasteiger partial charge is 0.417 e. The number of alkyl halides is 3. The molecule has 1 aromatic carbocycles. The van der Waals surface area contributed by atoms with E-state index in [-0.39, 0.29) is 35.7 Å². The van der Waals surface area contributed by atoms with Crippen molar-refractivity contribution in [3.63, 3.8) is 0 Å². The van der Waals surface area contributed by atoms with Crippen LogP contribution in [-0.2, 0) is 17.5 Å². The van der Waals surface area contributed by atoms with Gasteiger partial charge in [-0.2, -0.15) is 13.2 Å². The molecule has 0 spiro atoms. The molecule has 1 N–H and O–H groups in total. The van der Waals surface area contributed by atoms with Crippen LogP contribution in [0, 0.1) is 0 Å². The molecule has 0 atom stereocenters. The molecule has 1 aliphatic heterocycles. The summed E-state index contributed by atoms with van der Waals surface area (Å²) in [7, 11) is 1.68.